The van der Waals surface area contributed by atoms with E-state index in [1.807, 2.05) is 30.6 Å². The van der Waals surface area contributed by atoms with Crippen LogP contribution in [0.25, 0.3) is 0 Å². The van der Waals surface area contributed by atoms with E-state index in [9.17, 15) is 0 Å². The highest BCUT2D eigenvalue weighted by atomic mass is 15.1. The molecule has 0 amide bonds. The maximum atomic E-state index is 4.25. The summed E-state index contributed by atoms with van der Waals surface area (Å²) in [5.74, 6) is 0. The molecule has 4 heteroatoms. The number of rotatable bonds is 4. The monoisotopic (exact) mass is 202 g/mol. The van der Waals surface area contributed by atoms with E-state index in [0.29, 0.717) is 0 Å². The molecule has 0 aliphatic carbocycles. The second kappa shape index (κ2) is 4.70. The van der Waals surface area contributed by atoms with Gasteiger partial charge in [-0.15, -0.1) is 0 Å². The lowest BCUT2D eigenvalue weighted by molar-refractivity contribution is 0.568. The lowest BCUT2D eigenvalue weighted by atomic mass is 10.2. The van der Waals surface area contributed by atoms with Crippen LogP contribution in [0.5, 0.6) is 0 Å². The Labute approximate surface area is 88.8 Å². The number of nitrogens with zero attached hydrogens (tertiary/aromatic N) is 2. The van der Waals surface area contributed by atoms with Gasteiger partial charge in [0.05, 0.1) is 11.9 Å². The number of H-pyrrole nitrogens is 1. The molecule has 78 valence electrons. The van der Waals surface area contributed by atoms with Gasteiger partial charge < -0.3 is 5.32 Å². The van der Waals surface area contributed by atoms with Gasteiger partial charge in [0.15, 0.2) is 0 Å². The molecule has 2 aromatic heterocycles. The summed E-state index contributed by atoms with van der Waals surface area (Å²) < 4.78 is 0. The fourth-order valence-corrected chi connectivity index (χ4v) is 1.38. The van der Waals surface area contributed by atoms with Gasteiger partial charge in [0.1, 0.15) is 0 Å². The molecule has 2 heterocycles. The lowest BCUT2D eigenvalue weighted by Crippen LogP contribution is -2.18. The Bertz CT molecular complexity index is 382. The fourth-order valence-electron chi connectivity index (χ4n) is 1.38. The van der Waals surface area contributed by atoms with Gasteiger partial charge in [-0.25, -0.2) is 0 Å². The van der Waals surface area contributed by atoms with Gasteiger partial charge in [0.2, 0.25) is 0 Å². The zero-order valence-corrected chi connectivity index (χ0v) is 8.64. The molecule has 2 aromatic rings. The Morgan fingerprint density at radius 1 is 1.47 bits per heavy atom. The van der Waals surface area contributed by atoms with Crippen molar-refractivity contribution in [1.29, 1.82) is 0 Å². The summed E-state index contributed by atoms with van der Waals surface area (Å²) in [5, 5.41) is 10.1. The number of pyridine rings is 1. The van der Waals surface area contributed by atoms with Crippen molar-refractivity contribution in [2.24, 2.45) is 0 Å². The fraction of sp³-hybridized carbons (Fsp3) is 0.273. The minimum Gasteiger partial charge on any atom is -0.304 e. The van der Waals surface area contributed by atoms with Crippen LogP contribution in [0, 0.1) is 0 Å². The van der Waals surface area contributed by atoms with Crippen LogP contribution in [-0.4, -0.2) is 15.2 Å². The average molecular weight is 202 g/mol. The molecule has 0 saturated carbocycles. The number of aromatic nitrogens is 3. The van der Waals surface area contributed by atoms with Crippen LogP contribution in [0.1, 0.15) is 24.2 Å². The standard InChI is InChI=1S/C11H14N4/c1-9(10-6-14-15-7-10)13-8-11-4-2-3-5-12-11/h2-7,9,13H,8H2,1H3,(H,14,15). The largest absolute Gasteiger partial charge is 0.304 e. The van der Waals surface area contributed by atoms with Crippen molar-refractivity contribution < 1.29 is 0 Å². The van der Waals surface area contributed by atoms with Gasteiger partial charge in [-0.1, -0.05) is 6.07 Å². The molecule has 1 atom stereocenters. The maximum absolute atomic E-state index is 4.25. The van der Waals surface area contributed by atoms with Crippen LogP contribution < -0.4 is 5.32 Å². The number of nitrogens with one attached hydrogen (secondary N) is 2. The van der Waals surface area contributed by atoms with Crippen molar-refractivity contribution in [1.82, 2.24) is 20.5 Å². The van der Waals surface area contributed by atoms with E-state index in [4.69, 9.17) is 0 Å². The molecule has 15 heavy (non-hydrogen) atoms. The predicted molar refractivity (Wildman–Crippen MR) is 58.1 cm³/mol. The molecule has 0 spiro atoms. The van der Waals surface area contributed by atoms with Crippen LogP contribution in [0.2, 0.25) is 0 Å². The highest BCUT2D eigenvalue weighted by Crippen LogP contribution is 2.09. The second-order valence-corrected chi connectivity index (χ2v) is 3.46. The summed E-state index contributed by atoms with van der Waals surface area (Å²) in [6.07, 6.45) is 5.53. The molecule has 2 rings (SSSR count). The summed E-state index contributed by atoms with van der Waals surface area (Å²) in [7, 11) is 0. The van der Waals surface area contributed by atoms with Crippen molar-refractivity contribution in [2.45, 2.75) is 19.5 Å². The third kappa shape index (κ3) is 2.63. The quantitative estimate of drug-likeness (QED) is 0.792. The molecular formula is C11H14N4. The van der Waals surface area contributed by atoms with Crippen LogP contribution in [-0.2, 0) is 6.54 Å². The Balaban J connectivity index is 1.89. The number of hydrogen-bond acceptors (Lipinski definition) is 3. The van der Waals surface area contributed by atoms with E-state index in [1.54, 1.807) is 6.20 Å². The summed E-state index contributed by atoms with van der Waals surface area (Å²) >= 11 is 0. The Morgan fingerprint density at radius 3 is 3.07 bits per heavy atom. The first-order valence-corrected chi connectivity index (χ1v) is 4.98. The van der Waals surface area contributed by atoms with Crippen LogP contribution in [0.3, 0.4) is 0 Å². The first-order chi connectivity index (χ1) is 7.36. The molecular weight excluding hydrogens is 188 g/mol. The zero-order chi connectivity index (χ0) is 10.5. The molecule has 4 nitrogen and oxygen atoms in total. The van der Waals surface area contributed by atoms with Crippen molar-refractivity contribution >= 4 is 0 Å². The highest BCUT2D eigenvalue weighted by Gasteiger charge is 2.05. The van der Waals surface area contributed by atoms with Crippen LogP contribution in [0.4, 0.5) is 0 Å². The molecule has 0 saturated heterocycles. The normalized spacial score (nSPS) is 12.6. The summed E-state index contributed by atoms with van der Waals surface area (Å²) in [5.41, 5.74) is 2.21. The minimum atomic E-state index is 0.283. The molecule has 1 unspecified atom stereocenters. The second-order valence-electron chi connectivity index (χ2n) is 3.46. The molecule has 2 N–H and O–H groups in total. The van der Waals surface area contributed by atoms with Gasteiger partial charge in [0, 0.05) is 30.5 Å². The first kappa shape index (κ1) is 9.86. The minimum absolute atomic E-state index is 0.283. The van der Waals surface area contributed by atoms with Gasteiger partial charge in [-0.2, -0.15) is 5.10 Å². The molecule has 0 radical (unpaired) electrons. The SMILES string of the molecule is CC(NCc1ccccn1)c1cn[nH]c1. The van der Waals surface area contributed by atoms with Crippen molar-refractivity contribution in [3.8, 4) is 0 Å². The van der Waals surface area contributed by atoms with Gasteiger partial charge in [0.25, 0.3) is 0 Å². The summed E-state index contributed by atoms with van der Waals surface area (Å²) in [6.45, 7) is 2.88. The third-order valence-electron chi connectivity index (χ3n) is 2.33. The van der Waals surface area contributed by atoms with Crippen LogP contribution in [0.15, 0.2) is 36.8 Å². The van der Waals surface area contributed by atoms with E-state index in [0.717, 1.165) is 17.8 Å². The van der Waals surface area contributed by atoms with E-state index < -0.39 is 0 Å². The third-order valence-corrected chi connectivity index (χ3v) is 2.33. The first-order valence-electron chi connectivity index (χ1n) is 4.98. The summed E-state index contributed by atoms with van der Waals surface area (Å²) in [6, 6.07) is 6.20. The summed E-state index contributed by atoms with van der Waals surface area (Å²) in [4.78, 5) is 4.25. The highest BCUT2D eigenvalue weighted by molar-refractivity contribution is 5.09. The smallest absolute Gasteiger partial charge is 0.0541 e. The van der Waals surface area contributed by atoms with E-state index in [1.165, 1.54) is 0 Å². The molecule has 0 aliphatic heterocycles. The van der Waals surface area contributed by atoms with Gasteiger partial charge in [-0.05, 0) is 19.1 Å². The topological polar surface area (TPSA) is 53.6 Å². The maximum Gasteiger partial charge on any atom is 0.0541 e. The van der Waals surface area contributed by atoms with Gasteiger partial charge in [-0.3, -0.25) is 10.1 Å². The molecule has 0 fully saturated rings. The Morgan fingerprint density at radius 2 is 2.40 bits per heavy atom. The molecule has 0 aromatic carbocycles. The average Bonchev–Trinajstić information content (AvgIpc) is 2.81. The molecule has 0 aliphatic rings. The van der Waals surface area contributed by atoms with E-state index >= 15 is 0 Å². The molecule has 0 bridgehead atoms. The number of hydrogen-bond donors (Lipinski definition) is 2. The Hall–Kier alpha value is -1.68. The van der Waals surface area contributed by atoms with E-state index in [-0.39, 0.29) is 6.04 Å². The lowest BCUT2D eigenvalue weighted by Gasteiger charge is -2.10. The van der Waals surface area contributed by atoms with Crippen molar-refractivity contribution in [3.63, 3.8) is 0 Å². The zero-order valence-electron chi connectivity index (χ0n) is 8.64. The van der Waals surface area contributed by atoms with Crippen molar-refractivity contribution in [3.05, 3.63) is 48.0 Å². The number of aromatic amines is 1. The van der Waals surface area contributed by atoms with Crippen LogP contribution >= 0.6 is 0 Å². The van der Waals surface area contributed by atoms with Gasteiger partial charge >= 0.3 is 0 Å². The van der Waals surface area contributed by atoms with E-state index in [2.05, 4.69) is 27.4 Å². The van der Waals surface area contributed by atoms with Crippen molar-refractivity contribution in [2.75, 3.05) is 0 Å². The Kier molecular flexibility index (Phi) is 3.09. The predicted octanol–water partition coefficient (Wildman–Crippen LogP) is 1.66.